The minimum absolute atomic E-state index is 0.0599. The maximum Gasteiger partial charge on any atom is 0.416 e. The van der Waals surface area contributed by atoms with Crippen LogP contribution in [0.15, 0.2) is 42.5 Å². The van der Waals surface area contributed by atoms with E-state index >= 15 is 0 Å². The Morgan fingerprint density at radius 1 is 1.09 bits per heavy atom. The first-order valence-corrected chi connectivity index (χ1v) is 6.44. The van der Waals surface area contributed by atoms with Crippen LogP contribution < -0.4 is 0 Å². The van der Waals surface area contributed by atoms with Crippen molar-refractivity contribution in [1.29, 1.82) is 0 Å². The van der Waals surface area contributed by atoms with Crippen molar-refractivity contribution >= 4 is 11.9 Å². The Balaban J connectivity index is 2.03. The predicted molar refractivity (Wildman–Crippen MR) is 72.6 cm³/mol. The van der Waals surface area contributed by atoms with Crippen molar-refractivity contribution < 1.29 is 18.0 Å². The monoisotopic (exact) mass is 305 g/mol. The van der Waals surface area contributed by atoms with Crippen molar-refractivity contribution in [2.24, 2.45) is 0 Å². The molecule has 0 atom stereocenters. The van der Waals surface area contributed by atoms with Crippen LogP contribution in [0.2, 0.25) is 0 Å². The number of nitrogens with zero attached hydrogens (tertiary/aromatic N) is 3. The van der Waals surface area contributed by atoms with Gasteiger partial charge in [-0.05, 0) is 23.8 Å². The van der Waals surface area contributed by atoms with E-state index in [0.29, 0.717) is 17.6 Å². The highest BCUT2D eigenvalue weighted by Crippen LogP contribution is 2.32. The number of carbonyl (C=O) groups is 1. The number of rotatable bonds is 3. The fourth-order valence-electron chi connectivity index (χ4n) is 2.26. The molecule has 0 N–H and O–H groups in total. The zero-order chi connectivity index (χ0) is 15.7. The molecule has 0 bridgehead atoms. The minimum Gasteiger partial charge on any atom is -0.296 e. The summed E-state index contributed by atoms with van der Waals surface area (Å²) in [5.74, 6) is 0.228. The molecule has 0 aliphatic heterocycles. The number of fused-ring (bicyclic) bond motifs is 1. The average molecular weight is 305 g/mol. The number of halogens is 3. The van der Waals surface area contributed by atoms with Crippen LogP contribution in [0.1, 0.15) is 27.4 Å². The Morgan fingerprint density at radius 3 is 2.59 bits per heavy atom. The second kappa shape index (κ2) is 5.25. The summed E-state index contributed by atoms with van der Waals surface area (Å²) < 4.78 is 40.3. The van der Waals surface area contributed by atoms with Crippen LogP contribution in [0.25, 0.3) is 5.65 Å². The van der Waals surface area contributed by atoms with Crippen molar-refractivity contribution in [2.75, 3.05) is 0 Å². The van der Waals surface area contributed by atoms with Gasteiger partial charge in [0.15, 0.2) is 17.8 Å². The smallest absolute Gasteiger partial charge is 0.296 e. The third kappa shape index (κ3) is 2.57. The van der Waals surface area contributed by atoms with Crippen LogP contribution in [-0.2, 0) is 12.6 Å². The van der Waals surface area contributed by atoms with Crippen LogP contribution in [-0.4, -0.2) is 20.9 Å². The van der Waals surface area contributed by atoms with Gasteiger partial charge < -0.3 is 0 Å². The average Bonchev–Trinajstić information content (AvgIpc) is 2.88. The Bertz CT molecular complexity index is 839. The van der Waals surface area contributed by atoms with Crippen molar-refractivity contribution in [3.05, 3.63) is 65.1 Å². The molecule has 0 amide bonds. The second-order valence-corrected chi connectivity index (χ2v) is 4.70. The highest BCUT2D eigenvalue weighted by atomic mass is 19.4. The van der Waals surface area contributed by atoms with E-state index < -0.39 is 11.7 Å². The zero-order valence-corrected chi connectivity index (χ0v) is 11.2. The summed E-state index contributed by atoms with van der Waals surface area (Å²) in [6.07, 6.45) is -3.87. The third-order valence-corrected chi connectivity index (χ3v) is 3.22. The van der Waals surface area contributed by atoms with E-state index in [1.807, 2.05) is 0 Å². The fraction of sp³-hybridized carbons (Fsp3) is 0.133. The van der Waals surface area contributed by atoms with E-state index in [-0.39, 0.29) is 17.8 Å². The van der Waals surface area contributed by atoms with Crippen LogP contribution in [0.5, 0.6) is 0 Å². The number of aromatic nitrogens is 3. The topological polar surface area (TPSA) is 47.3 Å². The lowest BCUT2D eigenvalue weighted by Crippen LogP contribution is -2.09. The molecule has 3 rings (SSSR count). The SMILES string of the molecule is O=Cc1cccc2nc(Cc3ccccc3C(F)(F)F)nn12. The normalized spacial score (nSPS) is 11.8. The van der Waals surface area contributed by atoms with Crippen molar-refractivity contribution in [2.45, 2.75) is 12.6 Å². The Hall–Kier alpha value is -2.70. The molecule has 0 spiro atoms. The molecule has 0 aliphatic rings. The Kier molecular flexibility index (Phi) is 3.40. The summed E-state index contributed by atoms with van der Waals surface area (Å²) in [4.78, 5) is 15.1. The molecule has 0 fully saturated rings. The molecular formula is C15H10F3N3O. The number of hydrogen-bond donors (Lipinski definition) is 0. The van der Waals surface area contributed by atoms with Crippen molar-refractivity contribution in [1.82, 2.24) is 14.6 Å². The van der Waals surface area contributed by atoms with Gasteiger partial charge >= 0.3 is 6.18 Å². The lowest BCUT2D eigenvalue weighted by atomic mass is 10.0. The van der Waals surface area contributed by atoms with Gasteiger partial charge in [0, 0.05) is 6.42 Å². The zero-order valence-electron chi connectivity index (χ0n) is 11.2. The van der Waals surface area contributed by atoms with Gasteiger partial charge in [0.25, 0.3) is 0 Å². The number of benzene rings is 1. The number of hydrogen-bond acceptors (Lipinski definition) is 3. The maximum atomic E-state index is 13.0. The van der Waals surface area contributed by atoms with E-state index in [2.05, 4.69) is 10.1 Å². The van der Waals surface area contributed by atoms with Gasteiger partial charge in [-0.25, -0.2) is 9.50 Å². The molecule has 0 unspecified atom stereocenters. The molecule has 3 aromatic rings. The predicted octanol–water partition coefficient (Wildman–Crippen LogP) is 3.15. The van der Waals surface area contributed by atoms with Gasteiger partial charge in [-0.15, -0.1) is 0 Å². The summed E-state index contributed by atoms with van der Waals surface area (Å²) in [6, 6.07) is 10.1. The molecule has 2 aromatic heterocycles. The van der Waals surface area contributed by atoms with E-state index in [1.165, 1.54) is 22.7 Å². The lowest BCUT2D eigenvalue weighted by molar-refractivity contribution is -0.138. The first-order valence-electron chi connectivity index (χ1n) is 6.44. The molecule has 1 aromatic carbocycles. The first-order chi connectivity index (χ1) is 10.5. The molecule has 0 saturated carbocycles. The van der Waals surface area contributed by atoms with Gasteiger partial charge in [-0.2, -0.15) is 18.3 Å². The van der Waals surface area contributed by atoms with Gasteiger partial charge in [0.2, 0.25) is 0 Å². The first kappa shape index (κ1) is 14.2. The molecule has 0 aliphatic carbocycles. The second-order valence-electron chi connectivity index (χ2n) is 4.70. The summed E-state index contributed by atoms with van der Waals surface area (Å²) in [5.41, 5.74) is 0.104. The fourth-order valence-corrected chi connectivity index (χ4v) is 2.26. The van der Waals surface area contributed by atoms with E-state index in [0.717, 1.165) is 6.07 Å². The highest BCUT2D eigenvalue weighted by molar-refractivity contribution is 5.73. The molecule has 0 radical (unpaired) electrons. The Labute approximate surface area is 123 Å². The van der Waals surface area contributed by atoms with Crippen LogP contribution >= 0.6 is 0 Å². The molecule has 7 heteroatoms. The Morgan fingerprint density at radius 2 is 1.86 bits per heavy atom. The number of aldehydes is 1. The van der Waals surface area contributed by atoms with Gasteiger partial charge in [0.1, 0.15) is 5.69 Å². The summed E-state index contributed by atoms with van der Waals surface area (Å²) in [7, 11) is 0. The quantitative estimate of drug-likeness (QED) is 0.698. The van der Waals surface area contributed by atoms with Crippen LogP contribution in [0.4, 0.5) is 13.2 Å². The third-order valence-electron chi connectivity index (χ3n) is 3.22. The van der Waals surface area contributed by atoms with E-state index in [1.54, 1.807) is 18.2 Å². The van der Waals surface area contributed by atoms with Crippen molar-refractivity contribution in [3.63, 3.8) is 0 Å². The minimum atomic E-state index is -4.43. The molecule has 0 saturated heterocycles. The van der Waals surface area contributed by atoms with Crippen molar-refractivity contribution in [3.8, 4) is 0 Å². The largest absolute Gasteiger partial charge is 0.416 e. The molecule has 2 heterocycles. The molecule has 22 heavy (non-hydrogen) atoms. The molecule has 4 nitrogen and oxygen atoms in total. The number of alkyl halides is 3. The lowest BCUT2D eigenvalue weighted by Gasteiger charge is -2.11. The van der Waals surface area contributed by atoms with Crippen LogP contribution in [0, 0.1) is 0 Å². The highest BCUT2D eigenvalue weighted by Gasteiger charge is 2.33. The standard InChI is InChI=1S/C15H10F3N3O/c16-15(17,18)12-6-2-1-4-10(12)8-13-19-14-7-3-5-11(9-22)21(14)20-13/h1-7,9H,8H2. The summed E-state index contributed by atoms with van der Waals surface area (Å²) in [5, 5.41) is 4.11. The van der Waals surface area contributed by atoms with Gasteiger partial charge in [0.05, 0.1) is 5.56 Å². The maximum absolute atomic E-state index is 13.0. The van der Waals surface area contributed by atoms with Crippen LogP contribution in [0.3, 0.4) is 0 Å². The van der Waals surface area contributed by atoms with Gasteiger partial charge in [-0.1, -0.05) is 24.3 Å². The summed E-state index contributed by atoms with van der Waals surface area (Å²) in [6.45, 7) is 0. The van der Waals surface area contributed by atoms with E-state index in [9.17, 15) is 18.0 Å². The van der Waals surface area contributed by atoms with E-state index in [4.69, 9.17) is 0 Å². The summed E-state index contributed by atoms with van der Waals surface area (Å²) >= 11 is 0. The number of carbonyl (C=O) groups excluding carboxylic acids is 1. The molecule has 112 valence electrons. The van der Waals surface area contributed by atoms with Gasteiger partial charge in [-0.3, -0.25) is 4.79 Å². The number of pyridine rings is 1. The molecular weight excluding hydrogens is 295 g/mol.